The first kappa shape index (κ1) is 12.1. The molecule has 0 unspecified atom stereocenters. The molecule has 1 aliphatic heterocycles. The third kappa shape index (κ3) is 2.87. The Kier molecular flexibility index (Phi) is 3.81. The topological polar surface area (TPSA) is 65.7 Å². The Labute approximate surface area is 100 Å². The first-order valence-corrected chi connectivity index (χ1v) is 5.89. The molecule has 5 nitrogen and oxygen atoms in total. The highest BCUT2D eigenvalue weighted by atomic mass is 16.4. The number of rotatable bonds is 4. The van der Waals surface area contributed by atoms with Crippen molar-refractivity contribution in [3.05, 3.63) is 23.7 Å². The smallest absolute Gasteiger partial charge is 0.339 e. The van der Waals surface area contributed by atoms with Gasteiger partial charge in [-0.3, -0.25) is 4.90 Å². The van der Waals surface area contributed by atoms with Crippen LogP contribution >= 0.6 is 0 Å². The summed E-state index contributed by atoms with van der Waals surface area (Å²) in [4.78, 5) is 13.1. The fourth-order valence-corrected chi connectivity index (χ4v) is 2.26. The van der Waals surface area contributed by atoms with Gasteiger partial charge in [0.05, 0.1) is 12.8 Å². The van der Waals surface area contributed by atoms with Gasteiger partial charge in [0.1, 0.15) is 11.3 Å². The Hall–Kier alpha value is -1.33. The van der Waals surface area contributed by atoms with Crippen LogP contribution < -0.4 is 5.32 Å². The predicted octanol–water partition coefficient (Wildman–Crippen LogP) is 1.16. The standard InChI is InChI=1S/C12H18N2O3/c1-14(9-2-5-13-6-3-9)8-11-10(12(15)16)4-7-17-11/h4,7,9,13H,2-3,5-6,8H2,1H3,(H,15,16). The number of carboxylic acid groups (broad SMARTS) is 1. The molecule has 1 aromatic heterocycles. The fraction of sp³-hybridized carbons (Fsp3) is 0.583. The first-order valence-electron chi connectivity index (χ1n) is 5.89. The highest BCUT2D eigenvalue weighted by molar-refractivity contribution is 5.88. The molecule has 2 rings (SSSR count). The van der Waals surface area contributed by atoms with Crippen molar-refractivity contribution in [1.82, 2.24) is 10.2 Å². The van der Waals surface area contributed by atoms with Crippen LogP contribution in [0, 0.1) is 0 Å². The minimum Gasteiger partial charge on any atom is -0.478 e. The largest absolute Gasteiger partial charge is 0.478 e. The molecule has 0 bridgehead atoms. The summed E-state index contributed by atoms with van der Waals surface area (Å²) in [6, 6.07) is 2.01. The number of hydrogen-bond donors (Lipinski definition) is 2. The second kappa shape index (κ2) is 5.33. The molecule has 0 saturated carbocycles. The summed E-state index contributed by atoms with van der Waals surface area (Å²) in [6.07, 6.45) is 3.63. The molecular formula is C12H18N2O3. The average molecular weight is 238 g/mol. The van der Waals surface area contributed by atoms with Crippen LogP contribution in [-0.4, -0.2) is 42.2 Å². The van der Waals surface area contributed by atoms with Crippen LogP contribution in [-0.2, 0) is 6.54 Å². The van der Waals surface area contributed by atoms with Gasteiger partial charge in [-0.2, -0.15) is 0 Å². The van der Waals surface area contributed by atoms with Crippen LogP contribution in [0.4, 0.5) is 0 Å². The van der Waals surface area contributed by atoms with E-state index in [1.807, 2.05) is 7.05 Å². The molecule has 0 aromatic carbocycles. The molecule has 0 amide bonds. The van der Waals surface area contributed by atoms with E-state index in [0.717, 1.165) is 25.9 Å². The van der Waals surface area contributed by atoms with Crippen molar-refractivity contribution in [1.29, 1.82) is 0 Å². The zero-order valence-corrected chi connectivity index (χ0v) is 9.98. The second-order valence-electron chi connectivity index (χ2n) is 4.46. The van der Waals surface area contributed by atoms with Crippen molar-refractivity contribution in [2.75, 3.05) is 20.1 Å². The third-order valence-corrected chi connectivity index (χ3v) is 3.30. The highest BCUT2D eigenvalue weighted by Crippen LogP contribution is 2.17. The molecular weight excluding hydrogens is 220 g/mol. The highest BCUT2D eigenvalue weighted by Gasteiger charge is 2.21. The van der Waals surface area contributed by atoms with Gasteiger partial charge in [-0.1, -0.05) is 0 Å². The fourth-order valence-electron chi connectivity index (χ4n) is 2.26. The van der Waals surface area contributed by atoms with Crippen molar-refractivity contribution in [3.8, 4) is 0 Å². The Balaban J connectivity index is 1.99. The van der Waals surface area contributed by atoms with E-state index >= 15 is 0 Å². The van der Waals surface area contributed by atoms with Crippen LogP contribution in [0.15, 0.2) is 16.7 Å². The average Bonchev–Trinajstić information content (AvgIpc) is 2.78. The summed E-state index contributed by atoms with van der Waals surface area (Å²) in [7, 11) is 2.02. The van der Waals surface area contributed by atoms with Crippen molar-refractivity contribution in [3.63, 3.8) is 0 Å². The number of nitrogens with one attached hydrogen (secondary N) is 1. The molecule has 1 fully saturated rings. The van der Waals surface area contributed by atoms with E-state index in [4.69, 9.17) is 9.52 Å². The molecule has 0 radical (unpaired) electrons. The second-order valence-corrected chi connectivity index (χ2v) is 4.46. The molecule has 1 saturated heterocycles. The summed E-state index contributed by atoms with van der Waals surface area (Å²) in [5.74, 6) is -0.383. The lowest BCUT2D eigenvalue weighted by Crippen LogP contribution is -2.40. The maximum atomic E-state index is 11.0. The van der Waals surface area contributed by atoms with Crippen LogP contribution in [0.3, 0.4) is 0 Å². The summed E-state index contributed by atoms with van der Waals surface area (Å²) in [5, 5.41) is 12.3. The zero-order chi connectivity index (χ0) is 12.3. The van der Waals surface area contributed by atoms with E-state index < -0.39 is 5.97 Å². The van der Waals surface area contributed by atoms with E-state index in [1.165, 1.54) is 12.3 Å². The lowest BCUT2D eigenvalue weighted by atomic mass is 10.1. The molecule has 1 aromatic rings. The summed E-state index contributed by atoms with van der Waals surface area (Å²) in [6.45, 7) is 2.61. The van der Waals surface area contributed by atoms with Crippen LogP contribution in [0.5, 0.6) is 0 Å². The molecule has 0 spiro atoms. The van der Waals surface area contributed by atoms with E-state index in [-0.39, 0.29) is 5.56 Å². The molecule has 2 N–H and O–H groups in total. The SMILES string of the molecule is CN(Cc1occc1C(=O)O)C1CCNCC1. The molecule has 17 heavy (non-hydrogen) atoms. The Morgan fingerprint density at radius 1 is 1.59 bits per heavy atom. The molecule has 0 atom stereocenters. The molecule has 0 aliphatic carbocycles. The lowest BCUT2D eigenvalue weighted by molar-refractivity contribution is 0.0691. The monoisotopic (exact) mass is 238 g/mol. The normalized spacial score (nSPS) is 17.5. The molecule has 94 valence electrons. The third-order valence-electron chi connectivity index (χ3n) is 3.30. The lowest BCUT2D eigenvalue weighted by Gasteiger charge is -2.31. The first-order chi connectivity index (χ1) is 8.18. The van der Waals surface area contributed by atoms with Gasteiger partial charge in [0, 0.05) is 6.04 Å². The maximum absolute atomic E-state index is 11.0. The number of hydrogen-bond acceptors (Lipinski definition) is 4. The molecule has 5 heteroatoms. The van der Waals surface area contributed by atoms with Gasteiger partial charge in [0.2, 0.25) is 0 Å². The Morgan fingerprint density at radius 3 is 2.94 bits per heavy atom. The van der Waals surface area contributed by atoms with Gasteiger partial charge in [-0.25, -0.2) is 4.79 Å². The number of nitrogens with zero attached hydrogens (tertiary/aromatic N) is 1. The molecule has 2 heterocycles. The van der Waals surface area contributed by atoms with Gasteiger partial charge in [-0.05, 0) is 39.0 Å². The van der Waals surface area contributed by atoms with Crippen molar-refractivity contribution in [2.45, 2.75) is 25.4 Å². The van der Waals surface area contributed by atoms with Gasteiger partial charge >= 0.3 is 5.97 Å². The Bertz CT molecular complexity index is 383. The molecule has 1 aliphatic rings. The van der Waals surface area contributed by atoms with Gasteiger partial charge < -0.3 is 14.8 Å². The summed E-state index contributed by atoms with van der Waals surface area (Å²) < 4.78 is 5.25. The Morgan fingerprint density at radius 2 is 2.29 bits per heavy atom. The van der Waals surface area contributed by atoms with Crippen LogP contribution in [0.2, 0.25) is 0 Å². The van der Waals surface area contributed by atoms with E-state index in [0.29, 0.717) is 18.3 Å². The van der Waals surface area contributed by atoms with Gasteiger partial charge in [0.25, 0.3) is 0 Å². The number of aromatic carboxylic acids is 1. The van der Waals surface area contributed by atoms with E-state index in [2.05, 4.69) is 10.2 Å². The van der Waals surface area contributed by atoms with Crippen molar-refractivity contribution >= 4 is 5.97 Å². The summed E-state index contributed by atoms with van der Waals surface area (Å²) >= 11 is 0. The van der Waals surface area contributed by atoms with E-state index in [1.54, 1.807) is 0 Å². The number of carbonyl (C=O) groups is 1. The van der Waals surface area contributed by atoms with Gasteiger partial charge in [-0.15, -0.1) is 0 Å². The predicted molar refractivity (Wildman–Crippen MR) is 63.0 cm³/mol. The maximum Gasteiger partial charge on any atom is 0.339 e. The number of furan rings is 1. The minimum atomic E-state index is -0.924. The van der Waals surface area contributed by atoms with Crippen molar-refractivity contribution in [2.24, 2.45) is 0 Å². The quantitative estimate of drug-likeness (QED) is 0.824. The number of piperidine rings is 1. The van der Waals surface area contributed by atoms with Gasteiger partial charge in [0.15, 0.2) is 0 Å². The van der Waals surface area contributed by atoms with E-state index in [9.17, 15) is 4.79 Å². The van der Waals surface area contributed by atoms with Crippen LogP contribution in [0.25, 0.3) is 0 Å². The van der Waals surface area contributed by atoms with Crippen LogP contribution in [0.1, 0.15) is 29.0 Å². The number of carboxylic acids is 1. The minimum absolute atomic E-state index is 0.269. The summed E-state index contributed by atoms with van der Waals surface area (Å²) in [5.41, 5.74) is 0.269. The van der Waals surface area contributed by atoms with Crippen molar-refractivity contribution < 1.29 is 14.3 Å². The zero-order valence-electron chi connectivity index (χ0n) is 9.98.